The van der Waals surface area contributed by atoms with Crippen molar-refractivity contribution in [2.75, 3.05) is 19.3 Å². The van der Waals surface area contributed by atoms with Crippen LogP contribution in [0.1, 0.15) is 50.3 Å². The Hall–Kier alpha value is -1.06. The Balaban J connectivity index is 1.83. The molecule has 1 heterocycles. The summed E-state index contributed by atoms with van der Waals surface area (Å²) < 4.78 is 24.0. The van der Waals surface area contributed by atoms with E-state index in [1.54, 1.807) is 30.3 Å². The van der Waals surface area contributed by atoms with Crippen LogP contribution in [-0.4, -0.2) is 50.0 Å². The Morgan fingerprint density at radius 3 is 2.28 bits per heavy atom. The summed E-state index contributed by atoms with van der Waals surface area (Å²) in [6, 6.07) is 10.1. The second kappa shape index (κ2) is 11.8. The number of rotatable bonds is 8. The number of hydrogen-bond donors (Lipinski definition) is 2. The van der Waals surface area contributed by atoms with Gasteiger partial charge in [-0.1, -0.05) is 58.5 Å². The predicted octanol–water partition coefficient (Wildman–Crippen LogP) is 5.62. The topological polar surface area (TPSA) is 92.5 Å². The van der Waals surface area contributed by atoms with Crippen molar-refractivity contribution in [3.63, 3.8) is 0 Å². The normalized spacial score (nSPS) is 21.6. The van der Waals surface area contributed by atoms with Crippen molar-refractivity contribution in [2.45, 2.75) is 56.0 Å². The van der Waals surface area contributed by atoms with Gasteiger partial charge < -0.3 is 11.1 Å². The first-order valence-electron chi connectivity index (χ1n) is 11.6. The zero-order chi connectivity index (χ0) is 26.8. The van der Waals surface area contributed by atoms with E-state index in [1.165, 1.54) is 6.26 Å². The lowest BCUT2D eigenvalue weighted by Gasteiger charge is -2.39. The van der Waals surface area contributed by atoms with Gasteiger partial charge in [-0.2, -0.15) is 0 Å². The molecular weight excluding hydrogens is 564 g/mol. The Labute approximate surface area is 233 Å². The lowest BCUT2D eigenvalue weighted by atomic mass is 9.78. The van der Waals surface area contributed by atoms with Crippen molar-refractivity contribution in [3.8, 4) is 0 Å². The molecule has 0 spiro atoms. The maximum absolute atomic E-state index is 13.8. The number of nitrogens with zero attached hydrogens (tertiary/aromatic N) is 1. The minimum absolute atomic E-state index is 0.195. The van der Waals surface area contributed by atoms with Gasteiger partial charge in [-0.05, 0) is 68.5 Å². The summed E-state index contributed by atoms with van der Waals surface area (Å²) in [6.45, 7) is 4.78. The molecule has 3 N–H and O–H groups in total. The molecule has 0 aromatic heterocycles. The fraction of sp³-hybridized carbons (Fsp3) is 0.480. The third-order valence-corrected chi connectivity index (χ3v) is 10.2. The Kier molecular flexibility index (Phi) is 9.64. The van der Waals surface area contributed by atoms with E-state index in [9.17, 15) is 13.2 Å². The van der Waals surface area contributed by atoms with Crippen molar-refractivity contribution in [2.24, 2.45) is 5.73 Å². The van der Waals surface area contributed by atoms with Crippen molar-refractivity contribution in [3.05, 3.63) is 67.6 Å². The monoisotopic (exact) mass is 593 g/mol. The van der Waals surface area contributed by atoms with E-state index in [2.05, 4.69) is 5.32 Å². The first-order chi connectivity index (χ1) is 16.7. The first kappa shape index (κ1) is 29.5. The van der Waals surface area contributed by atoms with Crippen LogP contribution in [0.3, 0.4) is 0 Å². The molecule has 11 heteroatoms. The molecule has 0 bridgehead atoms. The molecule has 6 nitrogen and oxygen atoms in total. The maximum atomic E-state index is 13.8. The van der Waals surface area contributed by atoms with Crippen molar-refractivity contribution in [1.82, 2.24) is 10.2 Å². The summed E-state index contributed by atoms with van der Waals surface area (Å²) in [5.74, 6) is -0.195. The minimum atomic E-state index is -3.15. The molecule has 1 fully saturated rings. The number of amides is 1. The molecule has 2 aromatic rings. The minimum Gasteiger partial charge on any atom is -0.349 e. The van der Waals surface area contributed by atoms with Gasteiger partial charge in [0, 0.05) is 19.3 Å². The first-order valence-corrected chi connectivity index (χ1v) is 15.1. The van der Waals surface area contributed by atoms with Crippen LogP contribution >= 0.6 is 46.4 Å². The molecule has 0 aliphatic carbocycles. The number of nitrogens with one attached hydrogen (secondary N) is 1. The predicted molar refractivity (Wildman–Crippen MR) is 149 cm³/mol. The van der Waals surface area contributed by atoms with E-state index in [0.717, 1.165) is 11.1 Å². The van der Waals surface area contributed by atoms with E-state index in [-0.39, 0.29) is 11.9 Å². The van der Waals surface area contributed by atoms with Gasteiger partial charge in [0.2, 0.25) is 5.91 Å². The van der Waals surface area contributed by atoms with Crippen molar-refractivity contribution in [1.29, 1.82) is 0 Å². The Morgan fingerprint density at radius 2 is 1.72 bits per heavy atom. The van der Waals surface area contributed by atoms with E-state index < -0.39 is 26.7 Å². The van der Waals surface area contributed by atoms with Crippen LogP contribution in [0.2, 0.25) is 20.1 Å². The number of halogens is 4. The van der Waals surface area contributed by atoms with Crippen LogP contribution in [-0.2, 0) is 20.0 Å². The van der Waals surface area contributed by atoms with E-state index in [1.807, 2.05) is 24.8 Å². The zero-order valence-electron chi connectivity index (χ0n) is 20.4. The van der Waals surface area contributed by atoms with E-state index in [4.69, 9.17) is 52.1 Å². The molecule has 1 aliphatic heterocycles. The summed E-state index contributed by atoms with van der Waals surface area (Å²) in [5, 5.41) is 4.26. The Bertz CT molecular complexity index is 1230. The van der Waals surface area contributed by atoms with Crippen LogP contribution in [0.15, 0.2) is 36.4 Å². The van der Waals surface area contributed by atoms with Crippen LogP contribution in [0, 0.1) is 0 Å². The maximum Gasteiger partial charge on any atom is 0.230 e. The average Bonchev–Trinajstić information content (AvgIpc) is 2.80. The SMILES string of the molecule is CC(NC(=O)C(C)(CCN1CCC(S(C)(=O)=O)CC1N)c1ccc(Cl)c(Cl)c1)c1ccc(Cl)c(Cl)c1. The van der Waals surface area contributed by atoms with Gasteiger partial charge in [-0.15, -0.1) is 0 Å². The van der Waals surface area contributed by atoms with Crippen LogP contribution in [0.25, 0.3) is 0 Å². The fourth-order valence-electron chi connectivity index (χ4n) is 4.49. The smallest absolute Gasteiger partial charge is 0.230 e. The van der Waals surface area contributed by atoms with Gasteiger partial charge in [0.15, 0.2) is 0 Å². The quantitative estimate of drug-likeness (QED) is 0.414. The molecule has 0 saturated carbocycles. The number of piperidine rings is 1. The number of carbonyl (C=O) groups excluding carboxylic acids is 1. The van der Waals surface area contributed by atoms with Gasteiger partial charge in [0.25, 0.3) is 0 Å². The number of nitrogens with two attached hydrogens (primary N) is 1. The van der Waals surface area contributed by atoms with Gasteiger partial charge in [-0.25, -0.2) is 8.42 Å². The largest absolute Gasteiger partial charge is 0.349 e. The molecule has 1 saturated heterocycles. The number of carbonyl (C=O) groups is 1. The van der Waals surface area contributed by atoms with Gasteiger partial charge in [0.1, 0.15) is 9.84 Å². The molecular formula is C25H31Cl4N3O3S. The molecule has 4 unspecified atom stereocenters. The zero-order valence-corrected chi connectivity index (χ0v) is 24.2. The van der Waals surface area contributed by atoms with Crippen molar-refractivity contribution >= 4 is 62.1 Å². The number of benzene rings is 2. The second-order valence-electron chi connectivity index (χ2n) is 9.66. The lowest BCUT2D eigenvalue weighted by molar-refractivity contribution is -0.127. The third-order valence-electron chi connectivity index (χ3n) is 7.07. The van der Waals surface area contributed by atoms with Gasteiger partial charge >= 0.3 is 0 Å². The summed E-state index contributed by atoms with van der Waals surface area (Å²) in [4.78, 5) is 15.8. The number of sulfone groups is 1. The molecule has 36 heavy (non-hydrogen) atoms. The standard InChI is InChI=1S/C25H31Cl4N3O3S/c1-15(16-4-6-19(26)21(28)12-16)31-24(33)25(2,17-5-7-20(27)22(29)13-17)9-11-32-10-8-18(14-23(32)30)36(3,34)35/h4-7,12-13,15,18,23H,8-11,14,30H2,1-3H3,(H,31,33). The second-order valence-corrected chi connectivity index (χ2v) is 13.6. The van der Waals surface area contributed by atoms with Gasteiger partial charge in [0.05, 0.1) is 43.0 Å². The van der Waals surface area contributed by atoms with Crippen LogP contribution in [0.5, 0.6) is 0 Å². The van der Waals surface area contributed by atoms with Crippen molar-refractivity contribution < 1.29 is 13.2 Å². The lowest BCUT2D eigenvalue weighted by Crippen LogP contribution is -2.53. The van der Waals surface area contributed by atoms with E-state index in [0.29, 0.717) is 52.4 Å². The van der Waals surface area contributed by atoms with E-state index >= 15 is 0 Å². The molecule has 198 valence electrons. The number of likely N-dealkylation sites (tertiary alicyclic amines) is 1. The molecule has 2 aromatic carbocycles. The Morgan fingerprint density at radius 1 is 1.11 bits per heavy atom. The molecule has 1 amide bonds. The highest BCUT2D eigenvalue weighted by Crippen LogP contribution is 2.35. The molecule has 4 atom stereocenters. The summed E-state index contributed by atoms with van der Waals surface area (Å²) in [6.07, 6.45) is 2.15. The highest BCUT2D eigenvalue weighted by atomic mass is 35.5. The van der Waals surface area contributed by atoms with Gasteiger partial charge in [-0.3, -0.25) is 9.69 Å². The highest BCUT2D eigenvalue weighted by molar-refractivity contribution is 7.91. The fourth-order valence-corrected chi connectivity index (χ4v) is 6.18. The highest BCUT2D eigenvalue weighted by Gasteiger charge is 2.38. The summed E-state index contributed by atoms with van der Waals surface area (Å²) >= 11 is 24.7. The van der Waals surface area contributed by atoms with Crippen LogP contribution < -0.4 is 11.1 Å². The summed E-state index contributed by atoms with van der Waals surface area (Å²) in [7, 11) is -3.15. The molecule has 0 radical (unpaired) electrons. The average molecular weight is 595 g/mol. The molecule has 3 rings (SSSR count). The molecule has 1 aliphatic rings. The third kappa shape index (κ3) is 6.87. The number of hydrogen-bond acceptors (Lipinski definition) is 5. The summed E-state index contributed by atoms with van der Waals surface area (Å²) in [5.41, 5.74) is 6.91. The van der Waals surface area contributed by atoms with Crippen LogP contribution in [0.4, 0.5) is 0 Å².